The van der Waals surface area contributed by atoms with Crippen molar-refractivity contribution in [3.8, 4) is 0 Å². The first kappa shape index (κ1) is 15.0. The van der Waals surface area contributed by atoms with E-state index in [0.29, 0.717) is 12.6 Å². The molecule has 0 unspecified atom stereocenters. The van der Waals surface area contributed by atoms with Gasteiger partial charge in [-0.25, -0.2) is 9.18 Å². The Morgan fingerprint density at radius 2 is 2.00 bits per heavy atom. The molecule has 22 heavy (non-hydrogen) atoms. The third-order valence-electron chi connectivity index (χ3n) is 3.85. The van der Waals surface area contributed by atoms with Crippen molar-refractivity contribution < 1.29 is 14.0 Å². The summed E-state index contributed by atoms with van der Waals surface area (Å²) in [6.07, 6.45) is 4.04. The Hall–Kier alpha value is -1.95. The summed E-state index contributed by atoms with van der Waals surface area (Å²) >= 11 is 0. The van der Waals surface area contributed by atoms with Gasteiger partial charge in [0.2, 0.25) is 5.91 Å². The molecule has 0 aliphatic heterocycles. The number of carbonyl (C=O) groups excluding carboxylic acids is 2. The van der Waals surface area contributed by atoms with Gasteiger partial charge in [-0.15, -0.1) is 0 Å². The molecular formula is C16H20FN3O2. The molecule has 0 spiro atoms. The number of nitrogens with one attached hydrogen (secondary N) is 2. The highest BCUT2D eigenvalue weighted by Crippen LogP contribution is 2.28. The molecule has 3 rings (SSSR count). The van der Waals surface area contributed by atoms with Crippen molar-refractivity contribution in [1.29, 1.82) is 0 Å². The van der Waals surface area contributed by atoms with E-state index in [9.17, 15) is 14.0 Å². The highest BCUT2D eigenvalue weighted by atomic mass is 19.1. The van der Waals surface area contributed by atoms with Crippen molar-refractivity contribution in [2.24, 2.45) is 0 Å². The zero-order chi connectivity index (χ0) is 15.5. The third kappa shape index (κ3) is 4.53. The summed E-state index contributed by atoms with van der Waals surface area (Å²) in [6.45, 7) is 0.666. The van der Waals surface area contributed by atoms with E-state index < -0.39 is 6.03 Å². The van der Waals surface area contributed by atoms with Crippen molar-refractivity contribution >= 4 is 11.9 Å². The van der Waals surface area contributed by atoms with Crippen LogP contribution in [0.1, 0.15) is 31.2 Å². The smallest absolute Gasteiger partial charge is 0.321 e. The molecule has 0 heterocycles. The maximum Gasteiger partial charge on any atom is 0.321 e. The molecular weight excluding hydrogens is 285 g/mol. The van der Waals surface area contributed by atoms with Gasteiger partial charge in [-0.2, -0.15) is 0 Å². The summed E-state index contributed by atoms with van der Waals surface area (Å²) in [7, 11) is 0. The fourth-order valence-electron chi connectivity index (χ4n) is 2.42. The van der Waals surface area contributed by atoms with Gasteiger partial charge in [0, 0.05) is 18.6 Å². The summed E-state index contributed by atoms with van der Waals surface area (Å²) in [5, 5.41) is 5.08. The van der Waals surface area contributed by atoms with Gasteiger partial charge in [-0.1, -0.05) is 12.1 Å². The quantitative estimate of drug-likeness (QED) is 0.842. The van der Waals surface area contributed by atoms with Gasteiger partial charge in [0.1, 0.15) is 5.82 Å². The predicted molar refractivity (Wildman–Crippen MR) is 79.5 cm³/mol. The summed E-state index contributed by atoms with van der Waals surface area (Å²) < 4.78 is 13.2. The molecule has 2 fully saturated rings. The molecule has 118 valence electrons. The molecule has 0 radical (unpaired) electrons. The van der Waals surface area contributed by atoms with Gasteiger partial charge in [0.25, 0.3) is 0 Å². The summed E-state index contributed by atoms with van der Waals surface area (Å²) in [5.74, 6) is -0.594. The molecule has 6 heteroatoms. The molecule has 1 aromatic rings. The first-order valence-corrected chi connectivity index (χ1v) is 7.69. The number of urea groups is 1. The van der Waals surface area contributed by atoms with Crippen LogP contribution in [0.5, 0.6) is 0 Å². The van der Waals surface area contributed by atoms with Crippen LogP contribution in [0.25, 0.3) is 0 Å². The summed E-state index contributed by atoms with van der Waals surface area (Å²) in [5.41, 5.74) is 0.835. The number of benzene rings is 1. The molecule has 2 aliphatic carbocycles. The second kappa shape index (κ2) is 6.44. The minimum absolute atomic E-state index is 0.152. The second-order valence-electron chi connectivity index (χ2n) is 6.06. The van der Waals surface area contributed by atoms with Crippen LogP contribution in [0.3, 0.4) is 0 Å². The minimum atomic E-state index is -0.422. The van der Waals surface area contributed by atoms with E-state index >= 15 is 0 Å². The molecule has 0 atom stereocenters. The molecule has 2 aliphatic rings. The Balaban J connectivity index is 1.52. The SMILES string of the molecule is O=C(CN(Cc1cccc(F)c1)C1CC1)NC(=O)NC1CC1. The van der Waals surface area contributed by atoms with Crippen LogP contribution in [0.2, 0.25) is 0 Å². The molecule has 0 aromatic heterocycles. The molecule has 1 aromatic carbocycles. The van der Waals surface area contributed by atoms with Crippen LogP contribution in [-0.2, 0) is 11.3 Å². The maximum atomic E-state index is 13.2. The number of halogens is 1. The molecule has 2 N–H and O–H groups in total. The largest absolute Gasteiger partial charge is 0.335 e. The normalized spacial score (nSPS) is 17.4. The van der Waals surface area contributed by atoms with E-state index in [2.05, 4.69) is 10.6 Å². The van der Waals surface area contributed by atoms with Crippen LogP contribution >= 0.6 is 0 Å². The average molecular weight is 305 g/mol. The van der Waals surface area contributed by atoms with E-state index in [0.717, 1.165) is 31.2 Å². The van der Waals surface area contributed by atoms with Gasteiger partial charge in [-0.05, 0) is 43.4 Å². The first-order valence-electron chi connectivity index (χ1n) is 7.69. The standard InChI is InChI=1S/C16H20FN3O2/c17-12-3-1-2-11(8-12)9-20(14-6-7-14)10-15(21)19-16(22)18-13-4-5-13/h1-3,8,13-14H,4-7,9-10H2,(H2,18,19,21,22). The summed E-state index contributed by atoms with van der Waals surface area (Å²) in [6, 6.07) is 6.54. The lowest BCUT2D eigenvalue weighted by Crippen LogP contribution is -2.45. The van der Waals surface area contributed by atoms with Gasteiger partial charge in [-0.3, -0.25) is 15.0 Å². The van der Waals surface area contributed by atoms with Crippen LogP contribution in [-0.4, -0.2) is 35.5 Å². The number of carbonyl (C=O) groups is 2. The van der Waals surface area contributed by atoms with Crippen LogP contribution in [0.4, 0.5) is 9.18 Å². The molecule has 0 bridgehead atoms. The average Bonchev–Trinajstić information content (AvgIpc) is 3.32. The molecule has 3 amide bonds. The lowest BCUT2D eigenvalue weighted by Gasteiger charge is -2.21. The van der Waals surface area contributed by atoms with E-state index in [4.69, 9.17) is 0 Å². The number of imide groups is 1. The maximum absolute atomic E-state index is 13.2. The Bertz CT molecular complexity index is 570. The fraction of sp³-hybridized carbons (Fsp3) is 0.500. The van der Waals surface area contributed by atoms with E-state index in [-0.39, 0.29) is 24.3 Å². The highest BCUT2D eigenvalue weighted by molar-refractivity contribution is 5.95. The Morgan fingerprint density at radius 1 is 1.23 bits per heavy atom. The number of hydrogen-bond donors (Lipinski definition) is 2. The van der Waals surface area contributed by atoms with Crippen molar-refractivity contribution in [3.05, 3.63) is 35.6 Å². The van der Waals surface area contributed by atoms with E-state index in [1.165, 1.54) is 12.1 Å². The van der Waals surface area contributed by atoms with Gasteiger partial charge >= 0.3 is 6.03 Å². The lowest BCUT2D eigenvalue weighted by atomic mass is 10.2. The fourth-order valence-corrected chi connectivity index (χ4v) is 2.42. The number of nitrogens with zero attached hydrogens (tertiary/aromatic N) is 1. The van der Waals surface area contributed by atoms with Crippen LogP contribution in [0.15, 0.2) is 24.3 Å². The van der Waals surface area contributed by atoms with E-state index in [1.54, 1.807) is 6.07 Å². The van der Waals surface area contributed by atoms with Crippen molar-refractivity contribution in [3.63, 3.8) is 0 Å². The van der Waals surface area contributed by atoms with Gasteiger partial charge in [0.15, 0.2) is 0 Å². The van der Waals surface area contributed by atoms with Crippen molar-refractivity contribution in [1.82, 2.24) is 15.5 Å². The predicted octanol–water partition coefficient (Wildman–Crippen LogP) is 1.78. The molecule has 0 saturated heterocycles. The third-order valence-corrected chi connectivity index (χ3v) is 3.85. The van der Waals surface area contributed by atoms with Crippen LogP contribution < -0.4 is 10.6 Å². The Labute approximate surface area is 128 Å². The van der Waals surface area contributed by atoms with Crippen molar-refractivity contribution in [2.45, 2.75) is 44.3 Å². The zero-order valence-corrected chi connectivity index (χ0v) is 12.3. The highest BCUT2D eigenvalue weighted by Gasteiger charge is 2.31. The van der Waals surface area contributed by atoms with Crippen molar-refractivity contribution in [2.75, 3.05) is 6.54 Å². The Morgan fingerprint density at radius 3 is 2.64 bits per heavy atom. The van der Waals surface area contributed by atoms with Gasteiger partial charge in [0.05, 0.1) is 6.54 Å². The summed E-state index contributed by atoms with van der Waals surface area (Å²) in [4.78, 5) is 25.5. The molecule has 5 nitrogen and oxygen atoms in total. The molecule has 2 saturated carbocycles. The zero-order valence-electron chi connectivity index (χ0n) is 12.3. The topological polar surface area (TPSA) is 61.4 Å². The first-order chi connectivity index (χ1) is 10.6. The monoisotopic (exact) mass is 305 g/mol. The lowest BCUT2D eigenvalue weighted by molar-refractivity contribution is -0.121. The second-order valence-corrected chi connectivity index (χ2v) is 6.06. The number of amides is 3. The number of hydrogen-bond acceptors (Lipinski definition) is 3. The van der Waals surface area contributed by atoms with Crippen LogP contribution in [0, 0.1) is 5.82 Å². The number of rotatable bonds is 6. The van der Waals surface area contributed by atoms with Gasteiger partial charge < -0.3 is 5.32 Å². The minimum Gasteiger partial charge on any atom is -0.335 e. The van der Waals surface area contributed by atoms with E-state index in [1.807, 2.05) is 11.0 Å². The Kier molecular flexibility index (Phi) is 4.38.